The topological polar surface area (TPSA) is 106 Å². The van der Waals surface area contributed by atoms with Crippen LogP contribution >= 0.6 is 11.6 Å². The Labute approximate surface area is 183 Å². The molecule has 0 amide bonds. The Kier molecular flexibility index (Phi) is 5.35. The molecule has 2 N–H and O–H groups in total. The van der Waals surface area contributed by atoms with Crippen LogP contribution in [0.15, 0.2) is 78.9 Å². The van der Waals surface area contributed by atoms with E-state index in [1.165, 1.54) is 18.2 Å². The fourth-order valence-corrected chi connectivity index (χ4v) is 3.56. The van der Waals surface area contributed by atoms with Crippen LogP contribution in [0.25, 0.3) is 33.5 Å². The molecular formula is C24H15ClN4O2. The molecule has 31 heavy (non-hydrogen) atoms. The first-order valence-corrected chi connectivity index (χ1v) is 9.66. The van der Waals surface area contributed by atoms with Gasteiger partial charge in [-0.15, -0.1) is 0 Å². The van der Waals surface area contributed by atoms with Crippen LogP contribution in [0.1, 0.15) is 5.56 Å². The predicted octanol–water partition coefficient (Wildman–Crippen LogP) is 6.10. The number of aromatic nitrogens is 1. The SMILES string of the molecule is N#Cc1c(-c2cc([N+](=O)[O-])ccc2Cl)cc(-c2ccc(-c3ccccc3)cc2)nc1N. The smallest absolute Gasteiger partial charge is 0.270 e. The summed E-state index contributed by atoms with van der Waals surface area (Å²) >= 11 is 6.31. The standard InChI is InChI=1S/C24H15ClN4O2/c25-22-11-10-18(29(30)31)12-20(22)19-13-23(28-24(27)21(19)14-26)17-8-6-16(7-9-17)15-4-2-1-3-5-15/h1-13H,(H2,27,28). The van der Waals surface area contributed by atoms with Crippen LogP contribution in [-0.4, -0.2) is 9.91 Å². The molecule has 0 spiro atoms. The van der Waals surface area contributed by atoms with Gasteiger partial charge >= 0.3 is 0 Å². The number of non-ortho nitro benzene ring substituents is 1. The highest BCUT2D eigenvalue weighted by atomic mass is 35.5. The van der Waals surface area contributed by atoms with E-state index < -0.39 is 4.92 Å². The molecule has 7 heteroatoms. The van der Waals surface area contributed by atoms with Gasteiger partial charge in [-0.2, -0.15) is 5.26 Å². The first-order chi connectivity index (χ1) is 15.0. The number of benzene rings is 3. The third-order valence-electron chi connectivity index (χ3n) is 4.90. The zero-order valence-corrected chi connectivity index (χ0v) is 16.9. The number of rotatable bonds is 4. The lowest BCUT2D eigenvalue weighted by Gasteiger charge is -2.12. The lowest BCUT2D eigenvalue weighted by Crippen LogP contribution is -2.00. The maximum Gasteiger partial charge on any atom is 0.270 e. The number of pyridine rings is 1. The van der Waals surface area contributed by atoms with Crippen LogP contribution < -0.4 is 5.73 Å². The summed E-state index contributed by atoms with van der Waals surface area (Å²) in [5, 5.41) is 21.1. The molecule has 0 aliphatic heterocycles. The molecule has 0 aliphatic rings. The maximum absolute atomic E-state index is 11.2. The lowest BCUT2D eigenvalue weighted by atomic mass is 9.97. The largest absolute Gasteiger partial charge is 0.383 e. The molecule has 0 saturated carbocycles. The third kappa shape index (κ3) is 3.95. The second-order valence-electron chi connectivity index (χ2n) is 6.79. The average Bonchev–Trinajstić information content (AvgIpc) is 2.79. The number of nitrogen functional groups attached to an aromatic ring is 1. The number of nitriles is 1. The molecule has 0 radical (unpaired) electrons. The Morgan fingerprint density at radius 2 is 1.55 bits per heavy atom. The number of hydrogen-bond acceptors (Lipinski definition) is 5. The fourth-order valence-electron chi connectivity index (χ4n) is 3.34. The molecular weight excluding hydrogens is 412 g/mol. The van der Waals surface area contributed by atoms with Crippen LogP contribution in [-0.2, 0) is 0 Å². The molecule has 0 fully saturated rings. The summed E-state index contributed by atoms with van der Waals surface area (Å²) in [6.07, 6.45) is 0. The van der Waals surface area contributed by atoms with E-state index in [0.717, 1.165) is 16.7 Å². The first-order valence-electron chi connectivity index (χ1n) is 9.28. The zero-order chi connectivity index (χ0) is 22.0. The highest BCUT2D eigenvalue weighted by Crippen LogP contribution is 2.37. The van der Waals surface area contributed by atoms with Gasteiger partial charge in [0.1, 0.15) is 17.5 Å². The molecule has 0 atom stereocenters. The summed E-state index contributed by atoms with van der Waals surface area (Å²) < 4.78 is 0. The summed E-state index contributed by atoms with van der Waals surface area (Å²) in [5.74, 6) is 0.0321. The number of halogens is 1. The van der Waals surface area contributed by atoms with Crippen molar-refractivity contribution >= 4 is 23.1 Å². The van der Waals surface area contributed by atoms with E-state index in [1.807, 2.05) is 60.7 Å². The molecule has 1 heterocycles. The van der Waals surface area contributed by atoms with Crippen molar-refractivity contribution in [3.63, 3.8) is 0 Å². The van der Waals surface area contributed by atoms with Gasteiger partial charge in [0.25, 0.3) is 5.69 Å². The van der Waals surface area contributed by atoms with E-state index in [9.17, 15) is 15.4 Å². The van der Waals surface area contributed by atoms with Gasteiger partial charge in [-0.1, -0.05) is 66.2 Å². The molecule has 150 valence electrons. The van der Waals surface area contributed by atoms with Gasteiger partial charge in [-0.25, -0.2) is 4.98 Å². The van der Waals surface area contributed by atoms with Crippen molar-refractivity contribution in [1.29, 1.82) is 5.26 Å². The number of nitrogens with zero attached hydrogens (tertiary/aromatic N) is 3. The zero-order valence-electron chi connectivity index (χ0n) is 16.1. The number of nitro benzene ring substituents is 1. The van der Waals surface area contributed by atoms with Crippen molar-refractivity contribution < 1.29 is 4.92 Å². The second kappa shape index (κ2) is 8.27. The van der Waals surface area contributed by atoms with Crippen molar-refractivity contribution in [3.8, 4) is 39.6 Å². The molecule has 0 aliphatic carbocycles. The highest BCUT2D eigenvalue weighted by Gasteiger charge is 2.18. The van der Waals surface area contributed by atoms with E-state index in [4.69, 9.17) is 17.3 Å². The summed E-state index contributed by atoms with van der Waals surface area (Å²) in [6, 6.07) is 25.5. The van der Waals surface area contributed by atoms with Gasteiger partial charge in [0.15, 0.2) is 0 Å². The van der Waals surface area contributed by atoms with Gasteiger partial charge in [0.2, 0.25) is 0 Å². The van der Waals surface area contributed by atoms with E-state index >= 15 is 0 Å². The predicted molar refractivity (Wildman–Crippen MR) is 121 cm³/mol. The van der Waals surface area contributed by atoms with Gasteiger partial charge in [-0.05, 0) is 23.3 Å². The summed E-state index contributed by atoms with van der Waals surface area (Å²) in [4.78, 5) is 15.1. The Bertz CT molecular complexity index is 1330. The summed E-state index contributed by atoms with van der Waals surface area (Å²) in [5.41, 5.74) is 10.3. The van der Waals surface area contributed by atoms with E-state index in [1.54, 1.807) is 6.07 Å². The lowest BCUT2D eigenvalue weighted by molar-refractivity contribution is -0.384. The minimum absolute atomic E-state index is 0.0321. The third-order valence-corrected chi connectivity index (χ3v) is 5.23. The van der Waals surface area contributed by atoms with Crippen molar-refractivity contribution in [3.05, 3.63) is 99.6 Å². The molecule has 3 aromatic carbocycles. The van der Waals surface area contributed by atoms with Gasteiger partial charge < -0.3 is 5.73 Å². The minimum atomic E-state index is -0.514. The van der Waals surface area contributed by atoms with Crippen molar-refractivity contribution in [1.82, 2.24) is 4.98 Å². The first kappa shape index (κ1) is 20.1. The van der Waals surface area contributed by atoms with Gasteiger partial charge in [0, 0.05) is 33.8 Å². The van der Waals surface area contributed by atoms with Gasteiger partial charge in [-0.3, -0.25) is 10.1 Å². The van der Waals surface area contributed by atoms with Crippen LogP contribution in [0.2, 0.25) is 5.02 Å². The molecule has 0 unspecified atom stereocenters. The second-order valence-corrected chi connectivity index (χ2v) is 7.20. The Morgan fingerprint density at radius 1 is 0.903 bits per heavy atom. The van der Waals surface area contributed by atoms with Crippen LogP contribution in [0.3, 0.4) is 0 Å². The molecule has 0 saturated heterocycles. The Balaban J connectivity index is 1.83. The average molecular weight is 427 g/mol. The Morgan fingerprint density at radius 3 is 2.19 bits per heavy atom. The number of hydrogen-bond donors (Lipinski definition) is 1. The van der Waals surface area contributed by atoms with Crippen LogP contribution in [0.5, 0.6) is 0 Å². The summed E-state index contributed by atoms with van der Waals surface area (Å²) in [6.45, 7) is 0. The normalized spacial score (nSPS) is 10.5. The van der Waals surface area contributed by atoms with Crippen molar-refractivity contribution in [2.45, 2.75) is 0 Å². The van der Waals surface area contributed by atoms with Crippen molar-refractivity contribution in [2.75, 3.05) is 5.73 Å². The van der Waals surface area contributed by atoms with Crippen LogP contribution in [0.4, 0.5) is 11.5 Å². The number of anilines is 1. The number of nitrogens with two attached hydrogens (primary N) is 1. The Hall–Kier alpha value is -4.21. The quantitative estimate of drug-likeness (QED) is 0.313. The van der Waals surface area contributed by atoms with Gasteiger partial charge in [0.05, 0.1) is 10.6 Å². The molecule has 4 aromatic rings. The maximum atomic E-state index is 11.2. The van der Waals surface area contributed by atoms with E-state index in [2.05, 4.69) is 4.98 Å². The fraction of sp³-hybridized carbons (Fsp3) is 0. The van der Waals surface area contributed by atoms with E-state index in [0.29, 0.717) is 16.8 Å². The molecule has 0 bridgehead atoms. The molecule has 6 nitrogen and oxygen atoms in total. The number of nitro groups is 1. The monoisotopic (exact) mass is 426 g/mol. The van der Waals surface area contributed by atoms with Crippen molar-refractivity contribution in [2.24, 2.45) is 0 Å². The minimum Gasteiger partial charge on any atom is -0.383 e. The molecule has 4 rings (SSSR count). The van der Waals surface area contributed by atoms with E-state index in [-0.39, 0.29) is 22.1 Å². The molecule has 1 aromatic heterocycles. The van der Waals surface area contributed by atoms with Crippen LogP contribution in [0, 0.1) is 21.4 Å². The summed E-state index contributed by atoms with van der Waals surface area (Å²) in [7, 11) is 0. The highest BCUT2D eigenvalue weighted by molar-refractivity contribution is 6.33.